The monoisotopic (exact) mass is 524 g/mol. The first-order chi connectivity index (χ1) is 14.2. The molecule has 1 atom stereocenters. The van der Waals surface area contributed by atoms with E-state index in [0.29, 0.717) is 13.2 Å². The van der Waals surface area contributed by atoms with E-state index in [2.05, 4.69) is 38.8 Å². The molecule has 0 saturated heterocycles. The van der Waals surface area contributed by atoms with Crippen molar-refractivity contribution in [1.82, 2.24) is 34.8 Å². The molecule has 3 aromatic rings. The van der Waals surface area contributed by atoms with Gasteiger partial charge in [0, 0.05) is 51.5 Å². The Kier molecular flexibility index (Phi) is 8.02. The number of aryl methyl sites for hydroxylation is 1. The molecule has 0 saturated carbocycles. The number of methoxy groups -OCH3 is 1. The summed E-state index contributed by atoms with van der Waals surface area (Å²) >= 11 is 0. The van der Waals surface area contributed by atoms with Gasteiger partial charge in [0.2, 0.25) is 0 Å². The fourth-order valence-corrected chi connectivity index (χ4v) is 3.57. The smallest absolute Gasteiger partial charge is 0.191 e. The average Bonchev–Trinajstić information content (AvgIpc) is 3.31. The standard InChI is InChI=1S/C20H28N8O.HI/c1-3-21-20(22-10-9-16-12-27-11-5-4-6-18(27)23-16)24-15-7-8-19-25-17(14-29-2)26-28(19)13-15;/h4-6,11-12,15H,3,7-10,13-14H2,1-2H3,(H2,21,22,24);1H. The van der Waals surface area contributed by atoms with Crippen molar-refractivity contribution in [3.05, 3.63) is 47.9 Å². The fourth-order valence-electron chi connectivity index (χ4n) is 3.57. The molecule has 0 bridgehead atoms. The summed E-state index contributed by atoms with van der Waals surface area (Å²) < 4.78 is 9.16. The van der Waals surface area contributed by atoms with E-state index in [1.807, 2.05) is 33.5 Å². The summed E-state index contributed by atoms with van der Waals surface area (Å²) in [5, 5.41) is 11.4. The third-order valence-electron chi connectivity index (χ3n) is 4.91. The van der Waals surface area contributed by atoms with Crippen molar-refractivity contribution in [2.75, 3.05) is 20.2 Å². The molecule has 9 nitrogen and oxygen atoms in total. The Hall–Kier alpha value is -2.21. The Labute approximate surface area is 193 Å². The lowest BCUT2D eigenvalue weighted by molar-refractivity contribution is 0.177. The molecule has 0 radical (unpaired) electrons. The van der Waals surface area contributed by atoms with E-state index >= 15 is 0 Å². The predicted molar refractivity (Wildman–Crippen MR) is 126 cm³/mol. The van der Waals surface area contributed by atoms with E-state index in [1.54, 1.807) is 7.11 Å². The van der Waals surface area contributed by atoms with Crippen LogP contribution in [0, 0.1) is 0 Å². The number of aromatic nitrogens is 5. The highest BCUT2D eigenvalue weighted by Crippen LogP contribution is 2.13. The minimum absolute atomic E-state index is 0. The zero-order valence-electron chi connectivity index (χ0n) is 17.4. The number of ether oxygens (including phenoxy) is 1. The van der Waals surface area contributed by atoms with Crippen LogP contribution in [0.2, 0.25) is 0 Å². The zero-order valence-corrected chi connectivity index (χ0v) is 19.7. The Morgan fingerprint density at radius 2 is 2.23 bits per heavy atom. The van der Waals surface area contributed by atoms with Gasteiger partial charge in [0.1, 0.15) is 18.1 Å². The second-order valence-corrected chi connectivity index (χ2v) is 7.15. The predicted octanol–water partition coefficient (Wildman–Crippen LogP) is 1.80. The van der Waals surface area contributed by atoms with Crippen LogP contribution in [0.3, 0.4) is 0 Å². The summed E-state index contributed by atoms with van der Waals surface area (Å²) in [5.74, 6) is 2.61. The number of hydrogen-bond acceptors (Lipinski definition) is 5. The molecule has 4 rings (SSSR count). The van der Waals surface area contributed by atoms with E-state index in [-0.39, 0.29) is 30.0 Å². The van der Waals surface area contributed by atoms with Gasteiger partial charge in [0.15, 0.2) is 11.8 Å². The Bertz CT molecular complexity index is 949. The van der Waals surface area contributed by atoms with Crippen LogP contribution in [-0.4, -0.2) is 56.3 Å². The molecule has 0 fully saturated rings. The van der Waals surface area contributed by atoms with Crippen LogP contribution in [0.4, 0.5) is 0 Å². The number of imidazole rings is 1. The molecule has 10 heteroatoms. The summed E-state index contributed by atoms with van der Waals surface area (Å²) in [7, 11) is 1.66. The lowest BCUT2D eigenvalue weighted by Crippen LogP contribution is -2.47. The number of aliphatic imine (C=N–C) groups is 1. The second-order valence-electron chi connectivity index (χ2n) is 7.15. The maximum atomic E-state index is 5.14. The molecule has 30 heavy (non-hydrogen) atoms. The second kappa shape index (κ2) is 10.7. The highest BCUT2D eigenvalue weighted by molar-refractivity contribution is 14.0. The molecular formula is C20H29IN8O. The van der Waals surface area contributed by atoms with E-state index in [4.69, 9.17) is 9.73 Å². The molecule has 0 amide bonds. The van der Waals surface area contributed by atoms with Crippen molar-refractivity contribution < 1.29 is 4.74 Å². The van der Waals surface area contributed by atoms with Gasteiger partial charge < -0.3 is 19.8 Å². The van der Waals surface area contributed by atoms with Crippen LogP contribution < -0.4 is 10.6 Å². The van der Waals surface area contributed by atoms with Crippen LogP contribution in [0.15, 0.2) is 35.6 Å². The average molecular weight is 524 g/mol. The molecule has 1 unspecified atom stereocenters. The number of pyridine rings is 1. The lowest BCUT2D eigenvalue weighted by atomic mass is 10.1. The molecule has 0 aliphatic carbocycles. The number of halogens is 1. The van der Waals surface area contributed by atoms with Crippen molar-refractivity contribution >= 4 is 35.6 Å². The number of fused-ring (bicyclic) bond motifs is 2. The van der Waals surface area contributed by atoms with Gasteiger partial charge >= 0.3 is 0 Å². The van der Waals surface area contributed by atoms with E-state index in [1.165, 1.54) is 0 Å². The molecule has 4 heterocycles. The van der Waals surface area contributed by atoms with Gasteiger partial charge in [0.25, 0.3) is 0 Å². The highest BCUT2D eigenvalue weighted by Gasteiger charge is 2.22. The number of hydrogen-bond donors (Lipinski definition) is 2. The van der Waals surface area contributed by atoms with Crippen molar-refractivity contribution in [2.24, 2.45) is 4.99 Å². The number of guanidine groups is 1. The van der Waals surface area contributed by atoms with Crippen LogP contribution in [0.25, 0.3) is 5.65 Å². The summed E-state index contributed by atoms with van der Waals surface area (Å²) in [6.45, 7) is 4.80. The third kappa shape index (κ3) is 5.48. The number of nitrogens with zero attached hydrogens (tertiary/aromatic N) is 6. The zero-order chi connectivity index (χ0) is 20.1. The summed E-state index contributed by atoms with van der Waals surface area (Å²) in [6, 6.07) is 6.29. The summed E-state index contributed by atoms with van der Waals surface area (Å²) in [4.78, 5) is 13.9. The first-order valence-electron chi connectivity index (χ1n) is 10.1. The Balaban J connectivity index is 0.00000256. The van der Waals surface area contributed by atoms with Gasteiger partial charge in [-0.1, -0.05) is 6.07 Å². The first kappa shape index (κ1) is 22.5. The topological polar surface area (TPSA) is 93.7 Å². The first-order valence-corrected chi connectivity index (χ1v) is 10.1. The lowest BCUT2D eigenvalue weighted by Gasteiger charge is -2.25. The van der Waals surface area contributed by atoms with Crippen LogP contribution in [0.1, 0.15) is 30.7 Å². The Morgan fingerprint density at radius 3 is 3.03 bits per heavy atom. The molecular weight excluding hydrogens is 495 g/mol. The molecule has 2 N–H and O–H groups in total. The van der Waals surface area contributed by atoms with Crippen LogP contribution >= 0.6 is 24.0 Å². The molecule has 0 aromatic carbocycles. The van der Waals surface area contributed by atoms with Crippen molar-refractivity contribution in [1.29, 1.82) is 0 Å². The third-order valence-corrected chi connectivity index (χ3v) is 4.91. The fraction of sp³-hybridized carbons (Fsp3) is 0.500. The molecule has 3 aromatic heterocycles. The summed E-state index contributed by atoms with van der Waals surface area (Å²) in [6.07, 6.45) is 6.78. The van der Waals surface area contributed by atoms with Gasteiger partial charge in [0.05, 0.1) is 12.2 Å². The normalized spacial score (nSPS) is 16.2. The molecule has 1 aliphatic heterocycles. The number of rotatable bonds is 7. The van der Waals surface area contributed by atoms with Gasteiger partial charge in [-0.25, -0.2) is 14.6 Å². The maximum absolute atomic E-state index is 5.14. The minimum Gasteiger partial charge on any atom is -0.377 e. The van der Waals surface area contributed by atoms with Crippen molar-refractivity contribution in [3.8, 4) is 0 Å². The largest absolute Gasteiger partial charge is 0.377 e. The SMILES string of the molecule is CCNC(=NCCc1cn2ccccc2n1)NC1CCc2nc(COC)nn2C1.I. The van der Waals surface area contributed by atoms with Crippen molar-refractivity contribution in [3.63, 3.8) is 0 Å². The van der Waals surface area contributed by atoms with Gasteiger partial charge in [-0.15, -0.1) is 24.0 Å². The summed E-state index contributed by atoms with van der Waals surface area (Å²) in [5.41, 5.74) is 2.02. The van der Waals surface area contributed by atoms with E-state index in [0.717, 1.165) is 61.3 Å². The Morgan fingerprint density at radius 1 is 1.33 bits per heavy atom. The van der Waals surface area contributed by atoms with E-state index < -0.39 is 0 Å². The number of nitrogens with one attached hydrogen (secondary N) is 2. The molecule has 1 aliphatic rings. The van der Waals surface area contributed by atoms with Crippen molar-refractivity contribution in [2.45, 2.75) is 45.4 Å². The molecule has 162 valence electrons. The quantitative estimate of drug-likeness (QED) is 0.278. The van der Waals surface area contributed by atoms with Gasteiger partial charge in [-0.05, 0) is 25.5 Å². The van der Waals surface area contributed by atoms with E-state index in [9.17, 15) is 0 Å². The van der Waals surface area contributed by atoms with Gasteiger partial charge in [-0.2, -0.15) is 5.10 Å². The molecule has 0 spiro atoms. The highest BCUT2D eigenvalue weighted by atomic mass is 127. The minimum atomic E-state index is 0. The van der Waals surface area contributed by atoms with Crippen LogP contribution in [0.5, 0.6) is 0 Å². The van der Waals surface area contributed by atoms with Gasteiger partial charge in [-0.3, -0.25) is 4.99 Å². The maximum Gasteiger partial charge on any atom is 0.191 e. The van der Waals surface area contributed by atoms with Crippen LogP contribution in [-0.2, 0) is 30.7 Å².